The van der Waals surface area contributed by atoms with Gasteiger partial charge in [-0.15, -0.1) is 0 Å². The molecule has 3 saturated carbocycles. The standard InChI is InChI=1S/C27H43NO5/c1-14-5-8-27(28-12-14)15(2)23-22(33-27)10-18-16-13-32-24(31)19-9-20(29)21(30)11-26(19,4)17(16)6-7-25(18,23)3/h14-23,28-30H,5-13H2,1-4H3/t14-,15+,16-,17+,18+,19-,20+,21-,22+,23+,25+,26-,27-/m1/s1. The van der Waals surface area contributed by atoms with Gasteiger partial charge in [0.25, 0.3) is 0 Å². The van der Waals surface area contributed by atoms with Gasteiger partial charge in [-0.3, -0.25) is 10.1 Å². The number of aliphatic hydroxyl groups excluding tert-OH is 2. The van der Waals surface area contributed by atoms with Crippen molar-refractivity contribution in [3.05, 3.63) is 0 Å². The van der Waals surface area contributed by atoms with E-state index in [1.807, 2.05) is 0 Å². The quantitative estimate of drug-likeness (QED) is 0.481. The molecular weight excluding hydrogens is 418 g/mol. The summed E-state index contributed by atoms with van der Waals surface area (Å²) in [7, 11) is 0. The Bertz CT molecular complexity index is 810. The van der Waals surface area contributed by atoms with Crippen LogP contribution in [0.4, 0.5) is 0 Å². The number of aliphatic hydroxyl groups is 2. The van der Waals surface area contributed by atoms with Crippen molar-refractivity contribution in [2.75, 3.05) is 13.2 Å². The molecule has 0 aromatic carbocycles. The normalized spacial score (nSPS) is 60.4. The van der Waals surface area contributed by atoms with Crippen LogP contribution in [-0.2, 0) is 14.3 Å². The summed E-state index contributed by atoms with van der Waals surface area (Å²) >= 11 is 0. The lowest BCUT2D eigenvalue weighted by molar-refractivity contribution is -0.162. The van der Waals surface area contributed by atoms with Crippen LogP contribution in [0.25, 0.3) is 0 Å². The lowest BCUT2D eigenvalue weighted by Crippen LogP contribution is -2.57. The average molecular weight is 462 g/mol. The average Bonchev–Trinajstić information content (AvgIpc) is 3.17. The van der Waals surface area contributed by atoms with Gasteiger partial charge >= 0.3 is 5.97 Å². The number of piperidine rings is 1. The first kappa shape index (κ1) is 22.8. The van der Waals surface area contributed by atoms with Crippen LogP contribution in [0.2, 0.25) is 0 Å². The number of esters is 1. The van der Waals surface area contributed by atoms with Gasteiger partial charge in [-0.05, 0) is 85.4 Å². The van der Waals surface area contributed by atoms with Gasteiger partial charge in [0.1, 0.15) is 5.72 Å². The maximum atomic E-state index is 13.1. The second-order valence-electron chi connectivity index (χ2n) is 13.3. The van der Waals surface area contributed by atoms with E-state index in [1.165, 1.54) is 6.42 Å². The molecule has 0 aromatic heterocycles. The molecule has 13 atom stereocenters. The summed E-state index contributed by atoms with van der Waals surface area (Å²) in [5.41, 5.74) is -0.289. The molecule has 6 nitrogen and oxygen atoms in total. The van der Waals surface area contributed by atoms with E-state index in [1.54, 1.807) is 0 Å². The van der Waals surface area contributed by atoms with Crippen LogP contribution in [0.1, 0.15) is 72.6 Å². The maximum absolute atomic E-state index is 13.1. The highest BCUT2D eigenvalue weighted by Gasteiger charge is 2.69. The molecule has 0 aromatic rings. The van der Waals surface area contributed by atoms with Crippen LogP contribution in [0.3, 0.4) is 0 Å². The summed E-state index contributed by atoms with van der Waals surface area (Å²) in [6.45, 7) is 10.9. The van der Waals surface area contributed by atoms with Gasteiger partial charge in [-0.1, -0.05) is 27.7 Å². The molecular formula is C27H43NO5. The van der Waals surface area contributed by atoms with Crippen molar-refractivity contribution in [2.45, 2.75) is 96.7 Å². The van der Waals surface area contributed by atoms with Crippen molar-refractivity contribution in [3.63, 3.8) is 0 Å². The van der Waals surface area contributed by atoms with E-state index < -0.39 is 12.2 Å². The van der Waals surface area contributed by atoms with Gasteiger partial charge in [-0.25, -0.2) is 0 Å². The zero-order chi connectivity index (χ0) is 23.3. The van der Waals surface area contributed by atoms with Crippen molar-refractivity contribution >= 4 is 5.97 Å². The monoisotopic (exact) mass is 461 g/mol. The first-order valence-electron chi connectivity index (χ1n) is 13.5. The van der Waals surface area contributed by atoms with Crippen LogP contribution in [0.15, 0.2) is 0 Å². The molecule has 6 fully saturated rings. The molecule has 0 amide bonds. The second kappa shape index (κ2) is 7.41. The minimum atomic E-state index is -0.831. The molecule has 186 valence electrons. The fourth-order valence-electron chi connectivity index (χ4n) is 9.99. The molecule has 33 heavy (non-hydrogen) atoms. The fourth-order valence-corrected chi connectivity index (χ4v) is 9.99. The van der Waals surface area contributed by atoms with E-state index in [0.717, 1.165) is 32.2 Å². The predicted molar refractivity (Wildman–Crippen MR) is 123 cm³/mol. The molecule has 0 unspecified atom stereocenters. The summed E-state index contributed by atoms with van der Waals surface area (Å²) in [4.78, 5) is 13.1. The smallest absolute Gasteiger partial charge is 0.309 e. The Balaban J connectivity index is 1.30. The van der Waals surface area contributed by atoms with E-state index in [2.05, 4.69) is 33.0 Å². The Morgan fingerprint density at radius 3 is 2.52 bits per heavy atom. The molecule has 3 saturated heterocycles. The van der Waals surface area contributed by atoms with E-state index in [4.69, 9.17) is 9.47 Å². The molecule has 3 heterocycles. The molecule has 6 heteroatoms. The molecule has 3 aliphatic heterocycles. The van der Waals surface area contributed by atoms with Crippen LogP contribution < -0.4 is 5.32 Å². The van der Waals surface area contributed by atoms with Crippen LogP contribution in [-0.4, -0.2) is 53.4 Å². The Morgan fingerprint density at radius 2 is 1.79 bits per heavy atom. The summed E-state index contributed by atoms with van der Waals surface area (Å²) < 4.78 is 12.9. The van der Waals surface area contributed by atoms with Crippen LogP contribution in [0.5, 0.6) is 0 Å². The van der Waals surface area contributed by atoms with E-state index in [9.17, 15) is 15.0 Å². The fraction of sp³-hybridized carbons (Fsp3) is 0.963. The summed E-state index contributed by atoms with van der Waals surface area (Å²) in [6.07, 6.45) is 5.10. The minimum absolute atomic E-state index is 0.163. The summed E-state index contributed by atoms with van der Waals surface area (Å²) in [5.74, 6) is 2.36. The molecule has 1 spiro atoms. The summed E-state index contributed by atoms with van der Waals surface area (Å²) in [6, 6.07) is 0. The number of nitrogens with one attached hydrogen (secondary N) is 1. The number of hydrogen-bond donors (Lipinski definition) is 3. The largest absolute Gasteiger partial charge is 0.465 e. The first-order chi connectivity index (χ1) is 15.6. The summed E-state index contributed by atoms with van der Waals surface area (Å²) in [5, 5.41) is 24.7. The van der Waals surface area contributed by atoms with E-state index in [-0.39, 0.29) is 34.5 Å². The number of rotatable bonds is 0. The zero-order valence-corrected chi connectivity index (χ0v) is 20.8. The third-order valence-electron chi connectivity index (χ3n) is 11.8. The molecule has 6 aliphatic rings. The Labute approximate surface area is 198 Å². The van der Waals surface area contributed by atoms with E-state index in [0.29, 0.717) is 55.0 Å². The SMILES string of the molecule is C[C@@H]1CC[C@@]2(NC1)O[C@H]1C[C@H]3[C@@H]4COC(=O)[C@H]5C[C@H](O)[C@H](O)C[C@]5(C)[C@H]4CC[C@]3(C)[C@H]1[C@@H]2C. The highest BCUT2D eigenvalue weighted by atomic mass is 16.5. The number of carbonyl (C=O) groups excluding carboxylic acids is 1. The maximum Gasteiger partial charge on any atom is 0.309 e. The number of cyclic esters (lactones) is 1. The number of carbonyl (C=O) groups is 1. The van der Waals surface area contributed by atoms with Gasteiger partial charge in [0.05, 0.1) is 30.8 Å². The Hall–Kier alpha value is -0.690. The molecule has 3 N–H and O–H groups in total. The van der Waals surface area contributed by atoms with Gasteiger partial charge in [0.15, 0.2) is 0 Å². The van der Waals surface area contributed by atoms with Crippen molar-refractivity contribution < 1.29 is 24.5 Å². The molecule has 0 bridgehead atoms. The van der Waals surface area contributed by atoms with Gasteiger partial charge in [-0.2, -0.15) is 0 Å². The zero-order valence-electron chi connectivity index (χ0n) is 20.8. The van der Waals surface area contributed by atoms with Crippen molar-refractivity contribution in [1.29, 1.82) is 0 Å². The second-order valence-corrected chi connectivity index (χ2v) is 13.3. The highest BCUT2D eigenvalue weighted by Crippen LogP contribution is 2.69. The lowest BCUT2D eigenvalue weighted by atomic mass is 9.48. The van der Waals surface area contributed by atoms with Crippen LogP contribution in [0, 0.1) is 52.3 Å². The van der Waals surface area contributed by atoms with Gasteiger partial charge in [0.2, 0.25) is 0 Å². The predicted octanol–water partition coefficient (Wildman–Crippen LogP) is 3.10. The third-order valence-corrected chi connectivity index (χ3v) is 11.8. The van der Waals surface area contributed by atoms with Gasteiger partial charge < -0.3 is 19.7 Å². The van der Waals surface area contributed by atoms with Crippen molar-refractivity contribution in [2.24, 2.45) is 52.3 Å². The number of ether oxygens (including phenoxy) is 2. The van der Waals surface area contributed by atoms with Gasteiger partial charge in [0, 0.05) is 12.5 Å². The lowest BCUT2D eigenvalue weighted by Gasteiger charge is -2.56. The Kier molecular flexibility index (Phi) is 5.11. The van der Waals surface area contributed by atoms with Crippen molar-refractivity contribution in [1.82, 2.24) is 5.32 Å². The van der Waals surface area contributed by atoms with E-state index >= 15 is 0 Å². The highest BCUT2D eigenvalue weighted by molar-refractivity contribution is 5.74. The topological polar surface area (TPSA) is 88.0 Å². The number of hydrogen-bond acceptors (Lipinski definition) is 6. The van der Waals surface area contributed by atoms with Crippen LogP contribution >= 0.6 is 0 Å². The molecule has 0 radical (unpaired) electrons. The third kappa shape index (κ3) is 3.02. The first-order valence-corrected chi connectivity index (χ1v) is 13.5. The minimum Gasteiger partial charge on any atom is -0.465 e. The Morgan fingerprint density at radius 1 is 1.00 bits per heavy atom. The van der Waals surface area contributed by atoms with Crippen molar-refractivity contribution in [3.8, 4) is 0 Å². The molecule has 6 rings (SSSR count). The molecule has 3 aliphatic carbocycles. The number of fused-ring (bicyclic) bond motifs is 7.